The van der Waals surface area contributed by atoms with Gasteiger partial charge in [-0.2, -0.15) is 6.92 Å². The molecule has 0 aromatic rings. The molecule has 0 spiro atoms. The standard InChI is InChI=1S/C5H10O2.V.W/c1-4(3-6)5(2)7;;/h3-4,6-7H,1-2H3;;/q-2;;. The average Bonchev–Trinajstić information content (AvgIpc) is 1.65. The maximum Gasteiger partial charge on any atom is 0 e. The topological polar surface area (TPSA) is 40.5 Å². The third kappa shape index (κ3) is 9.19. The molecule has 1 atom stereocenters. The first-order valence-electron chi connectivity index (χ1n) is 2.18. The predicted molar refractivity (Wildman–Crippen MR) is 26.3 cm³/mol. The quantitative estimate of drug-likeness (QED) is 0.741. The third-order valence-electron chi connectivity index (χ3n) is 0.883. The summed E-state index contributed by atoms with van der Waals surface area (Å²) in [5, 5.41) is 16.7. The number of rotatable bonds is 2. The van der Waals surface area contributed by atoms with Crippen LogP contribution in [0.2, 0.25) is 0 Å². The summed E-state index contributed by atoms with van der Waals surface area (Å²) in [6.07, 6.45) is 0.238. The zero-order chi connectivity index (χ0) is 5.86. The van der Waals surface area contributed by atoms with Crippen LogP contribution in [0.1, 0.15) is 13.8 Å². The van der Waals surface area contributed by atoms with Crippen molar-refractivity contribution in [2.24, 2.45) is 5.92 Å². The molecular formula is C5H10O2VW-2. The van der Waals surface area contributed by atoms with Crippen molar-refractivity contribution in [3.8, 4) is 0 Å². The van der Waals surface area contributed by atoms with E-state index in [-0.39, 0.29) is 51.6 Å². The molecule has 4 heteroatoms. The van der Waals surface area contributed by atoms with E-state index >= 15 is 0 Å². The average molecular weight is 337 g/mol. The van der Waals surface area contributed by atoms with Gasteiger partial charge < -0.3 is 10.2 Å². The molecule has 0 bridgehead atoms. The van der Waals surface area contributed by atoms with Crippen LogP contribution in [0.3, 0.4) is 0 Å². The number of aliphatic hydroxyl groups excluding tert-OH is 2. The SMILES string of the molecule is C[C-](O)C(C)[CH-]O.[V].[W]. The molecule has 9 heavy (non-hydrogen) atoms. The van der Waals surface area contributed by atoms with Gasteiger partial charge >= 0.3 is 0 Å². The minimum Gasteiger partial charge on any atom is -0.568 e. The van der Waals surface area contributed by atoms with E-state index in [1.54, 1.807) is 13.8 Å². The Hall–Kier alpha value is 1.19. The van der Waals surface area contributed by atoms with Crippen LogP contribution >= 0.6 is 0 Å². The van der Waals surface area contributed by atoms with Crippen molar-refractivity contribution in [3.63, 3.8) is 0 Å². The smallest absolute Gasteiger partial charge is 0 e. The fourth-order valence-corrected chi connectivity index (χ4v) is 0.108. The van der Waals surface area contributed by atoms with Crippen molar-refractivity contribution < 1.29 is 49.8 Å². The summed E-state index contributed by atoms with van der Waals surface area (Å²) in [4.78, 5) is 0. The van der Waals surface area contributed by atoms with E-state index in [1.807, 2.05) is 0 Å². The predicted octanol–water partition coefficient (Wildman–Crippen LogP) is 1.08. The van der Waals surface area contributed by atoms with Gasteiger partial charge in [0.25, 0.3) is 0 Å². The van der Waals surface area contributed by atoms with Crippen molar-refractivity contribution in [1.29, 1.82) is 0 Å². The molecule has 0 saturated heterocycles. The Morgan fingerprint density at radius 1 is 1.56 bits per heavy atom. The van der Waals surface area contributed by atoms with Crippen molar-refractivity contribution in [1.82, 2.24) is 0 Å². The van der Waals surface area contributed by atoms with Gasteiger partial charge in [-0.1, -0.05) is 0 Å². The van der Waals surface area contributed by atoms with E-state index in [0.29, 0.717) is 0 Å². The molecule has 0 aromatic heterocycles. The summed E-state index contributed by atoms with van der Waals surface area (Å²) in [5.41, 5.74) is 0. The van der Waals surface area contributed by atoms with E-state index in [1.165, 1.54) is 0 Å². The van der Waals surface area contributed by atoms with Crippen molar-refractivity contribution >= 4 is 0 Å². The summed E-state index contributed by atoms with van der Waals surface area (Å²) >= 11 is 0. The third-order valence-corrected chi connectivity index (χ3v) is 0.883. The fraction of sp³-hybridized carbons (Fsp3) is 0.600. The van der Waals surface area contributed by atoms with E-state index in [4.69, 9.17) is 10.2 Å². The van der Waals surface area contributed by atoms with Crippen LogP contribution in [0.5, 0.6) is 0 Å². The molecule has 2 N–H and O–H groups in total. The minimum atomic E-state index is -0.194. The molecule has 0 aromatic carbocycles. The Bertz CT molecular complexity index is 52.2. The van der Waals surface area contributed by atoms with Gasteiger partial charge in [0.2, 0.25) is 0 Å². The second kappa shape index (κ2) is 9.19. The van der Waals surface area contributed by atoms with Crippen LogP contribution in [0.4, 0.5) is 0 Å². The van der Waals surface area contributed by atoms with Gasteiger partial charge in [0.15, 0.2) is 0 Å². The fourth-order valence-electron chi connectivity index (χ4n) is 0.108. The van der Waals surface area contributed by atoms with Gasteiger partial charge in [-0.3, -0.25) is 5.92 Å². The molecule has 0 aliphatic rings. The summed E-state index contributed by atoms with van der Waals surface area (Å²) in [5.74, 6) is -0.194. The van der Waals surface area contributed by atoms with Gasteiger partial charge in [0.1, 0.15) is 0 Å². The van der Waals surface area contributed by atoms with Crippen LogP contribution in [-0.4, -0.2) is 10.2 Å². The molecule has 55 valence electrons. The number of hydrogen-bond acceptors (Lipinski definition) is 2. The second-order valence-electron chi connectivity index (χ2n) is 1.58. The summed E-state index contributed by atoms with van der Waals surface area (Å²) in [6, 6.07) is 0. The van der Waals surface area contributed by atoms with Crippen LogP contribution in [-0.2, 0) is 39.6 Å². The Morgan fingerprint density at radius 2 is 1.89 bits per heavy atom. The van der Waals surface area contributed by atoms with Crippen molar-refractivity contribution in [2.75, 3.05) is 0 Å². The molecule has 0 aliphatic carbocycles. The van der Waals surface area contributed by atoms with E-state index in [9.17, 15) is 0 Å². The van der Waals surface area contributed by atoms with Gasteiger partial charge in [-0.25, -0.2) is 12.7 Å². The molecule has 0 heterocycles. The molecule has 0 amide bonds. The molecule has 1 unspecified atom stereocenters. The maximum absolute atomic E-state index is 8.55. The maximum atomic E-state index is 8.55. The van der Waals surface area contributed by atoms with E-state index < -0.39 is 0 Å². The van der Waals surface area contributed by atoms with Crippen molar-refractivity contribution in [3.05, 3.63) is 12.7 Å². The van der Waals surface area contributed by atoms with Gasteiger partial charge in [-0.15, -0.1) is 6.92 Å². The summed E-state index contributed by atoms with van der Waals surface area (Å²) < 4.78 is 0. The first-order valence-corrected chi connectivity index (χ1v) is 2.18. The van der Waals surface area contributed by atoms with Gasteiger partial charge in [0.05, 0.1) is 0 Å². The molecule has 2 nitrogen and oxygen atoms in total. The van der Waals surface area contributed by atoms with Gasteiger partial charge in [0, 0.05) is 39.6 Å². The molecule has 1 radical (unpaired) electrons. The first kappa shape index (κ1) is 16.6. The van der Waals surface area contributed by atoms with Crippen molar-refractivity contribution in [2.45, 2.75) is 13.8 Å². The van der Waals surface area contributed by atoms with E-state index in [2.05, 4.69) is 0 Å². The number of aliphatic hydroxyl groups is 2. The Kier molecular flexibility index (Phi) is 17.0. The first-order chi connectivity index (χ1) is 3.18. The second-order valence-corrected chi connectivity index (χ2v) is 1.58. The van der Waals surface area contributed by atoms with E-state index in [0.717, 1.165) is 6.61 Å². The molecular weight excluding hydrogens is 327 g/mol. The Labute approximate surface area is 82.2 Å². The summed E-state index contributed by atoms with van der Waals surface area (Å²) in [7, 11) is 0. The van der Waals surface area contributed by atoms with Gasteiger partial charge in [-0.05, 0) is 0 Å². The minimum absolute atomic E-state index is 0. The number of hydrogen-bond donors (Lipinski definition) is 2. The molecule has 0 saturated carbocycles. The molecule has 0 aliphatic heterocycles. The Morgan fingerprint density at radius 3 is 1.89 bits per heavy atom. The van der Waals surface area contributed by atoms with Crippen LogP contribution in [0, 0.1) is 18.6 Å². The zero-order valence-electron chi connectivity index (χ0n) is 5.40. The molecule has 0 rings (SSSR count). The molecule has 0 fully saturated rings. The van der Waals surface area contributed by atoms with Crippen LogP contribution < -0.4 is 0 Å². The normalized spacial score (nSPS) is 11.7. The van der Waals surface area contributed by atoms with Crippen LogP contribution in [0.15, 0.2) is 0 Å². The Balaban J connectivity index is -0.000000180. The monoisotopic (exact) mass is 337 g/mol. The largest absolute Gasteiger partial charge is 0.568 e. The van der Waals surface area contributed by atoms with Crippen LogP contribution in [0.25, 0.3) is 0 Å². The summed E-state index contributed by atoms with van der Waals surface area (Å²) in [6.45, 7) is 4.21. The zero-order valence-corrected chi connectivity index (χ0v) is 9.73.